The summed E-state index contributed by atoms with van der Waals surface area (Å²) in [5.74, 6) is 0.411. The molecular weight excluding hydrogens is 278 g/mol. The number of carbonyl (C=O) groups excluding carboxylic acids is 2. The Morgan fingerprint density at radius 2 is 2.09 bits per heavy atom. The van der Waals surface area contributed by atoms with Gasteiger partial charge in [0, 0.05) is 31.7 Å². The third kappa shape index (κ3) is 4.48. The molecule has 2 rings (SSSR count). The minimum absolute atomic E-state index is 0.0548. The van der Waals surface area contributed by atoms with Gasteiger partial charge in [0.1, 0.15) is 0 Å². The zero-order valence-electron chi connectivity index (χ0n) is 13.4. The second-order valence-corrected chi connectivity index (χ2v) is 5.86. The van der Waals surface area contributed by atoms with Gasteiger partial charge in [0.05, 0.1) is 0 Å². The maximum absolute atomic E-state index is 12.4. The number of amides is 3. The second-order valence-electron chi connectivity index (χ2n) is 5.86. The van der Waals surface area contributed by atoms with E-state index >= 15 is 0 Å². The third-order valence-corrected chi connectivity index (χ3v) is 4.10. The number of carbonyl (C=O) groups is 2. The first-order valence-corrected chi connectivity index (χ1v) is 7.98. The summed E-state index contributed by atoms with van der Waals surface area (Å²) < 4.78 is 0. The SMILES string of the molecule is CCC(=O)NC[C@H]1CCCN(C(=O)Nc2ccccc2C)C1. The number of hydrogen-bond donors (Lipinski definition) is 2. The molecule has 0 aromatic heterocycles. The van der Waals surface area contributed by atoms with Crippen molar-refractivity contribution in [2.45, 2.75) is 33.1 Å². The molecule has 1 aliphatic heterocycles. The van der Waals surface area contributed by atoms with Crippen LogP contribution in [0.2, 0.25) is 0 Å². The number of rotatable bonds is 4. The van der Waals surface area contributed by atoms with Gasteiger partial charge in [-0.3, -0.25) is 4.79 Å². The molecule has 1 fully saturated rings. The van der Waals surface area contributed by atoms with Crippen LogP contribution in [0.1, 0.15) is 31.7 Å². The first-order valence-electron chi connectivity index (χ1n) is 7.98. The summed E-state index contributed by atoms with van der Waals surface area (Å²) in [7, 11) is 0. The molecule has 0 unspecified atom stereocenters. The van der Waals surface area contributed by atoms with Crippen molar-refractivity contribution in [3.05, 3.63) is 29.8 Å². The fourth-order valence-electron chi connectivity index (χ4n) is 2.71. The largest absolute Gasteiger partial charge is 0.356 e. The third-order valence-electron chi connectivity index (χ3n) is 4.10. The van der Waals surface area contributed by atoms with Crippen LogP contribution in [0, 0.1) is 12.8 Å². The molecule has 0 spiro atoms. The quantitative estimate of drug-likeness (QED) is 0.898. The molecule has 1 atom stereocenters. The molecule has 0 saturated carbocycles. The number of anilines is 1. The normalized spacial score (nSPS) is 17.9. The molecular formula is C17H25N3O2. The number of para-hydroxylation sites is 1. The smallest absolute Gasteiger partial charge is 0.321 e. The minimum Gasteiger partial charge on any atom is -0.356 e. The molecule has 1 aromatic rings. The van der Waals surface area contributed by atoms with Crippen molar-refractivity contribution >= 4 is 17.6 Å². The maximum Gasteiger partial charge on any atom is 0.321 e. The lowest BCUT2D eigenvalue weighted by Crippen LogP contribution is -2.45. The molecule has 1 heterocycles. The fourth-order valence-corrected chi connectivity index (χ4v) is 2.71. The van der Waals surface area contributed by atoms with E-state index in [9.17, 15) is 9.59 Å². The first kappa shape index (κ1) is 16.3. The number of aryl methyl sites for hydroxylation is 1. The molecule has 2 N–H and O–H groups in total. The van der Waals surface area contributed by atoms with Crippen LogP contribution in [-0.4, -0.2) is 36.5 Å². The summed E-state index contributed by atoms with van der Waals surface area (Å²) in [4.78, 5) is 25.6. The Balaban J connectivity index is 1.87. The van der Waals surface area contributed by atoms with Crippen molar-refractivity contribution in [3.8, 4) is 0 Å². The Hall–Kier alpha value is -2.04. The van der Waals surface area contributed by atoms with E-state index < -0.39 is 0 Å². The van der Waals surface area contributed by atoms with Crippen molar-refractivity contribution in [2.75, 3.05) is 25.0 Å². The predicted molar refractivity (Wildman–Crippen MR) is 87.8 cm³/mol. The monoisotopic (exact) mass is 303 g/mol. The molecule has 0 radical (unpaired) electrons. The molecule has 1 saturated heterocycles. The highest BCUT2D eigenvalue weighted by atomic mass is 16.2. The molecule has 0 aliphatic carbocycles. The van der Waals surface area contributed by atoms with Crippen molar-refractivity contribution in [1.82, 2.24) is 10.2 Å². The van der Waals surface area contributed by atoms with E-state index in [1.54, 1.807) is 0 Å². The molecule has 22 heavy (non-hydrogen) atoms. The Morgan fingerprint density at radius 1 is 1.32 bits per heavy atom. The van der Waals surface area contributed by atoms with Crippen molar-refractivity contribution in [3.63, 3.8) is 0 Å². The Labute approximate surface area is 132 Å². The van der Waals surface area contributed by atoms with E-state index in [-0.39, 0.29) is 11.9 Å². The van der Waals surface area contributed by atoms with E-state index in [2.05, 4.69) is 10.6 Å². The van der Waals surface area contributed by atoms with Gasteiger partial charge in [-0.1, -0.05) is 25.1 Å². The lowest BCUT2D eigenvalue weighted by atomic mass is 9.98. The van der Waals surface area contributed by atoms with E-state index in [1.165, 1.54) is 0 Å². The van der Waals surface area contributed by atoms with Crippen molar-refractivity contribution in [2.24, 2.45) is 5.92 Å². The van der Waals surface area contributed by atoms with Crippen LogP contribution in [-0.2, 0) is 4.79 Å². The van der Waals surface area contributed by atoms with E-state index in [0.29, 0.717) is 25.4 Å². The number of hydrogen-bond acceptors (Lipinski definition) is 2. The lowest BCUT2D eigenvalue weighted by Gasteiger charge is -2.33. The van der Waals surface area contributed by atoms with Crippen LogP contribution < -0.4 is 10.6 Å². The average Bonchev–Trinajstić information content (AvgIpc) is 2.55. The predicted octanol–water partition coefficient (Wildman–Crippen LogP) is 2.77. The minimum atomic E-state index is -0.0548. The molecule has 3 amide bonds. The summed E-state index contributed by atoms with van der Waals surface area (Å²) in [6.45, 7) is 5.95. The van der Waals surface area contributed by atoms with Gasteiger partial charge in [-0.25, -0.2) is 4.79 Å². The van der Waals surface area contributed by atoms with E-state index in [4.69, 9.17) is 0 Å². The van der Waals surface area contributed by atoms with Crippen LogP contribution in [0.15, 0.2) is 24.3 Å². The summed E-state index contributed by atoms with van der Waals surface area (Å²) >= 11 is 0. The molecule has 5 nitrogen and oxygen atoms in total. The maximum atomic E-state index is 12.4. The molecule has 1 aliphatic rings. The van der Waals surface area contributed by atoms with Crippen LogP contribution in [0.25, 0.3) is 0 Å². The summed E-state index contributed by atoms with van der Waals surface area (Å²) in [5.41, 5.74) is 1.91. The van der Waals surface area contributed by atoms with Crippen molar-refractivity contribution in [1.29, 1.82) is 0 Å². The highest BCUT2D eigenvalue weighted by Gasteiger charge is 2.24. The number of piperidine rings is 1. The Morgan fingerprint density at radius 3 is 2.82 bits per heavy atom. The molecule has 120 valence electrons. The lowest BCUT2D eigenvalue weighted by molar-refractivity contribution is -0.121. The number of benzene rings is 1. The number of nitrogens with one attached hydrogen (secondary N) is 2. The van der Waals surface area contributed by atoms with Gasteiger partial charge in [0.25, 0.3) is 0 Å². The molecule has 1 aromatic carbocycles. The average molecular weight is 303 g/mol. The van der Waals surface area contributed by atoms with Gasteiger partial charge in [0.2, 0.25) is 5.91 Å². The van der Waals surface area contributed by atoms with Crippen LogP contribution >= 0.6 is 0 Å². The highest BCUT2D eigenvalue weighted by molar-refractivity contribution is 5.90. The standard InChI is InChI=1S/C17H25N3O2/c1-3-16(21)18-11-14-8-6-10-20(12-14)17(22)19-15-9-5-4-7-13(15)2/h4-5,7,9,14H,3,6,8,10-12H2,1-2H3,(H,18,21)(H,19,22)/t14-/m1/s1. The summed E-state index contributed by atoms with van der Waals surface area (Å²) in [5, 5.41) is 5.90. The molecule has 5 heteroatoms. The van der Waals surface area contributed by atoms with E-state index in [1.807, 2.05) is 43.0 Å². The van der Waals surface area contributed by atoms with Gasteiger partial charge in [0.15, 0.2) is 0 Å². The van der Waals surface area contributed by atoms with E-state index in [0.717, 1.165) is 30.6 Å². The first-order chi connectivity index (χ1) is 10.6. The van der Waals surface area contributed by atoms with Gasteiger partial charge >= 0.3 is 6.03 Å². The van der Waals surface area contributed by atoms with Crippen LogP contribution in [0.4, 0.5) is 10.5 Å². The Kier molecular flexibility index (Phi) is 5.81. The van der Waals surface area contributed by atoms with Gasteiger partial charge < -0.3 is 15.5 Å². The van der Waals surface area contributed by atoms with Gasteiger partial charge in [-0.2, -0.15) is 0 Å². The zero-order chi connectivity index (χ0) is 15.9. The number of likely N-dealkylation sites (tertiary alicyclic amines) is 1. The topological polar surface area (TPSA) is 61.4 Å². The van der Waals surface area contributed by atoms with Crippen molar-refractivity contribution < 1.29 is 9.59 Å². The van der Waals surface area contributed by atoms with Gasteiger partial charge in [-0.15, -0.1) is 0 Å². The second kappa shape index (κ2) is 7.82. The van der Waals surface area contributed by atoms with Gasteiger partial charge in [-0.05, 0) is 37.3 Å². The van der Waals surface area contributed by atoms with Crippen LogP contribution in [0.5, 0.6) is 0 Å². The number of urea groups is 1. The summed E-state index contributed by atoms with van der Waals surface area (Å²) in [6.07, 6.45) is 2.54. The number of nitrogens with zero attached hydrogens (tertiary/aromatic N) is 1. The fraction of sp³-hybridized carbons (Fsp3) is 0.529. The highest BCUT2D eigenvalue weighted by Crippen LogP contribution is 2.18. The Bertz CT molecular complexity index is 530. The molecule has 0 bridgehead atoms. The van der Waals surface area contributed by atoms with Crippen LogP contribution in [0.3, 0.4) is 0 Å². The zero-order valence-corrected chi connectivity index (χ0v) is 13.4. The summed E-state index contributed by atoms with van der Waals surface area (Å²) in [6, 6.07) is 7.71.